The molecule has 0 bridgehead atoms. The maximum atomic E-state index is 5.32. The molecule has 1 heterocycles. The zero-order valence-electron chi connectivity index (χ0n) is 19.9. The molecule has 34 heavy (non-hydrogen) atoms. The van der Waals surface area contributed by atoms with Gasteiger partial charge in [0.2, 0.25) is 0 Å². The maximum Gasteiger partial charge on any atom is 0.132 e. The van der Waals surface area contributed by atoms with Crippen molar-refractivity contribution in [1.29, 1.82) is 0 Å². The molecule has 0 radical (unpaired) electrons. The number of amidine groups is 1. The Labute approximate surface area is 204 Å². The highest BCUT2D eigenvalue weighted by molar-refractivity contribution is 7.80. The fourth-order valence-corrected chi connectivity index (χ4v) is 7.02. The quantitative estimate of drug-likeness (QED) is 0.320. The highest BCUT2D eigenvalue weighted by atomic mass is 31.1. The van der Waals surface area contributed by atoms with Crippen molar-refractivity contribution in [3.63, 3.8) is 0 Å². The molecule has 4 aromatic carbocycles. The predicted octanol–water partition coefficient (Wildman–Crippen LogP) is 5.73. The fourth-order valence-electron chi connectivity index (χ4n) is 4.57. The van der Waals surface area contributed by atoms with Crippen LogP contribution >= 0.6 is 7.92 Å². The number of nitrogens with zero attached hydrogens (tertiary/aromatic N) is 2. The van der Waals surface area contributed by atoms with E-state index in [1.165, 1.54) is 27.0 Å². The number of rotatable bonds is 7. The van der Waals surface area contributed by atoms with Gasteiger partial charge in [-0.2, -0.15) is 0 Å². The highest BCUT2D eigenvalue weighted by Crippen LogP contribution is 2.35. The SMILES string of the molecule is CC(C)[C@H]1CN(Cc2ccccc2)C(c2ccccc2P(c2ccccc2)c2ccccc2)=N1. The molecular weight excluding hydrogens is 431 g/mol. The monoisotopic (exact) mass is 462 g/mol. The normalized spacial score (nSPS) is 15.7. The summed E-state index contributed by atoms with van der Waals surface area (Å²) in [7, 11) is -0.698. The standard InChI is InChI=1S/C31H31N2P/c1-24(2)29-23-33(22-25-14-6-3-7-15-25)31(32-29)28-20-12-13-21-30(28)34(26-16-8-4-9-17-26)27-18-10-5-11-19-27/h3-21,24,29H,22-23H2,1-2H3/t29-/m1/s1. The van der Waals surface area contributed by atoms with Crippen molar-refractivity contribution < 1.29 is 0 Å². The average molecular weight is 463 g/mol. The molecule has 2 nitrogen and oxygen atoms in total. The van der Waals surface area contributed by atoms with Gasteiger partial charge in [0.15, 0.2) is 0 Å². The van der Waals surface area contributed by atoms with Crippen LogP contribution in [0.25, 0.3) is 0 Å². The van der Waals surface area contributed by atoms with Gasteiger partial charge in [-0.15, -0.1) is 0 Å². The molecule has 0 fully saturated rings. The van der Waals surface area contributed by atoms with E-state index in [9.17, 15) is 0 Å². The molecule has 0 N–H and O–H groups in total. The van der Waals surface area contributed by atoms with Gasteiger partial charge in [-0.05, 0) is 35.3 Å². The first kappa shape index (κ1) is 22.6. The molecule has 4 aromatic rings. The second-order valence-electron chi connectivity index (χ2n) is 9.15. The van der Waals surface area contributed by atoms with E-state index < -0.39 is 7.92 Å². The molecule has 0 aromatic heterocycles. The Hall–Kier alpha value is -3.22. The summed E-state index contributed by atoms with van der Waals surface area (Å²) < 4.78 is 0. The molecular formula is C31H31N2P. The zero-order valence-corrected chi connectivity index (χ0v) is 20.8. The third kappa shape index (κ3) is 4.83. The van der Waals surface area contributed by atoms with Gasteiger partial charge in [0, 0.05) is 18.7 Å². The van der Waals surface area contributed by atoms with Crippen molar-refractivity contribution >= 4 is 29.7 Å². The molecule has 0 aliphatic carbocycles. The lowest BCUT2D eigenvalue weighted by Crippen LogP contribution is -2.34. The van der Waals surface area contributed by atoms with Crippen LogP contribution in [0.3, 0.4) is 0 Å². The first-order chi connectivity index (χ1) is 16.7. The molecule has 0 unspecified atom stereocenters. The third-order valence-electron chi connectivity index (χ3n) is 6.40. The van der Waals surface area contributed by atoms with E-state index in [-0.39, 0.29) is 0 Å². The second kappa shape index (κ2) is 10.4. The summed E-state index contributed by atoms with van der Waals surface area (Å²) >= 11 is 0. The number of benzene rings is 4. The van der Waals surface area contributed by atoms with Gasteiger partial charge >= 0.3 is 0 Å². The Kier molecular flexibility index (Phi) is 6.88. The van der Waals surface area contributed by atoms with Crippen molar-refractivity contribution in [3.05, 3.63) is 126 Å². The van der Waals surface area contributed by atoms with Gasteiger partial charge in [-0.1, -0.05) is 129 Å². The summed E-state index contributed by atoms with van der Waals surface area (Å²) in [4.78, 5) is 7.81. The maximum absolute atomic E-state index is 5.32. The second-order valence-corrected chi connectivity index (χ2v) is 11.3. The van der Waals surface area contributed by atoms with Crippen LogP contribution in [0.1, 0.15) is 25.0 Å². The largest absolute Gasteiger partial charge is 0.350 e. The van der Waals surface area contributed by atoms with Crippen LogP contribution < -0.4 is 15.9 Å². The van der Waals surface area contributed by atoms with Crippen LogP contribution in [0.15, 0.2) is 120 Å². The van der Waals surface area contributed by atoms with E-state index >= 15 is 0 Å². The predicted molar refractivity (Wildman–Crippen MR) is 147 cm³/mol. The third-order valence-corrected chi connectivity index (χ3v) is 8.90. The number of hydrogen-bond acceptors (Lipinski definition) is 2. The summed E-state index contributed by atoms with van der Waals surface area (Å²) in [6.45, 7) is 6.41. The zero-order chi connectivity index (χ0) is 23.3. The molecule has 170 valence electrons. The Morgan fingerprint density at radius 2 is 1.26 bits per heavy atom. The van der Waals surface area contributed by atoms with Gasteiger partial charge in [0.25, 0.3) is 0 Å². The average Bonchev–Trinajstić information content (AvgIpc) is 3.30. The minimum absolute atomic E-state index is 0.312. The lowest BCUT2D eigenvalue weighted by atomic mass is 10.1. The minimum atomic E-state index is -0.698. The van der Waals surface area contributed by atoms with E-state index in [1.807, 2.05) is 0 Å². The summed E-state index contributed by atoms with van der Waals surface area (Å²) in [6.07, 6.45) is 0. The van der Waals surface area contributed by atoms with E-state index in [0.717, 1.165) is 18.9 Å². The smallest absolute Gasteiger partial charge is 0.132 e. The first-order valence-corrected chi connectivity index (χ1v) is 13.4. The Morgan fingerprint density at radius 3 is 1.85 bits per heavy atom. The van der Waals surface area contributed by atoms with Crippen molar-refractivity contribution in [2.75, 3.05) is 6.54 Å². The van der Waals surface area contributed by atoms with Crippen molar-refractivity contribution in [3.8, 4) is 0 Å². The fraction of sp³-hybridized carbons (Fsp3) is 0.194. The van der Waals surface area contributed by atoms with Crippen LogP contribution in [0.2, 0.25) is 0 Å². The Balaban J connectivity index is 1.62. The first-order valence-electron chi connectivity index (χ1n) is 12.1. The van der Waals surface area contributed by atoms with Gasteiger partial charge in [0.1, 0.15) is 5.84 Å². The van der Waals surface area contributed by atoms with E-state index in [1.54, 1.807) is 0 Å². The summed E-state index contributed by atoms with van der Waals surface area (Å²) in [5, 5.41) is 4.10. The summed E-state index contributed by atoms with van der Waals surface area (Å²) in [5.74, 6) is 1.64. The van der Waals surface area contributed by atoms with E-state index in [2.05, 4.69) is 134 Å². The van der Waals surface area contributed by atoms with Crippen LogP contribution in [0.4, 0.5) is 0 Å². The van der Waals surface area contributed by atoms with Crippen molar-refractivity contribution in [2.24, 2.45) is 10.9 Å². The van der Waals surface area contributed by atoms with Gasteiger partial charge in [0.05, 0.1) is 6.04 Å². The molecule has 1 atom stereocenters. The van der Waals surface area contributed by atoms with Crippen LogP contribution in [0.5, 0.6) is 0 Å². The minimum Gasteiger partial charge on any atom is -0.350 e. The van der Waals surface area contributed by atoms with E-state index in [0.29, 0.717) is 12.0 Å². The molecule has 0 saturated carbocycles. The van der Waals surface area contributed by atoms with Crippen LogP contribution in [-0.2, 0) is 6.54 Å². The van der Waals surface area contributed by atoms with Gasteiger partial charge in [-0.25, -0.2) is 0 Å². The number of hydrogen-bond donors (Lipinski definition) is 0. The van der Waals surface area contributed by atoms with E-state index in [4.69, 9.17) is 4.99 Å². The highest BCUT2D eigenvalue weighted by Gasteiger charge is 2.31. The molecule has 3 heteroatoms. The lowest BCUT2D eigenvalue weighted by molar-refractivity contribution is 0.378. The molecule has 5 rings (SSSR count). The lowest BCUT2D eigenvalue weighted by Gasteiger charge is -2.26. The van der Waals surface area contributed by atoms with Crippen LogP contribution in [0, 0.1) is 5.92 Å². The molecule has 1 aliphatic heterocycles. The van der Waals surface area contributed by atoms with Crippen molar-refractivity contribution in [1.82, 2.24) is 4.90 Å². The molecule has 1 aliphatic rings. The molecule has 0 saturated heterocycles. The van der Waals surface area contributed by atoms with Gasteiger partial charge in [-0.3, -0.25) is 4.99 Å². The Morgan fingerprint density at radius 1 is 0.735 bits per heavy atom. The Bertz CT molecular complexity index is 1200. The number of aliphatic imine (C=N–C) groups is 1. The molecule has 0 amide bonds. The van der Waals surface area contributed by atoms with Crippen molar-refractivity contribution in [2.45, 2.75) is 26.4 Å². The summed E-state index contributed by atoms with van der Waals surface area (Å²) in [6, 6.07) is 41.9. The van der Waals surface area contributed by atoms with Gasteiger partial charge < -0.3 is 4.90 Å². The summed E-state index contributed by atoms with van der Waals surface area (Å²) in [5.41, 5.74) is 2.59. The van der Waals surface area contributed by atoms with Crippen LogP contribution in [-0.4, -0.2) is 23.3 Å². The molecule has 0 spiro atoms. The topological polar surface area (TPSA) is 15.6 Å².